The van der Waals surface area contributed by atoms with Gasteiger partial charge in [-0.15, -0.1) is 12.3 Å². The lowest BCUT2D eigenvalue weighted by Crippen LogP contribution is -2.29. The molecule has 0 fully saturated rings. The van der Waals surface area contributed by atoms with Gasteiger partial charge >= 0.3 is 0 Å². The molecular weight excluding hydrogens is 162 g/mol. The Kier molecular flexibility index (Phi) is 9.18. The average molecular weight is 183 g/mol. The van der Waals surface area contributed by atoms with Crippen LogP contribution < -0.4 is 5.32 Å². The van der Waals surface area contributed by atoms with Gasteiger partial charge in [-0.3, -0.25) is 0 Å². The molecular formula is C11H21NO. The first-order valence-corrected chi connectivity index (χ1v) is 5.09. The molecule has 0 saturated heterocycles. The Morgan fingerprint density at radius 3 is 2.69 bits per heavy atom. The van der Waals surface area contributed by atoms with E-state index in [9.17, 15) is 0 Å². The highest BCUT2D eigenvalue weighted by atomic mass is 16.5. The van der Waals surface area contributed by atoms with Crippen LogP contribution in [0.2, 0.25) is 0 Å². The minimum Gasteiger partial charge on any atom is -0.381 e. The summed E-state index contributed by atoms with van der Waals surface area (Å²) >= 11 is 0. The van der Waals surface area contributed by atoms with Crippen LogP contribution in [-0.4, -0.2) is 25.8 Å². The third-order valence-corrected chi connectivity index (χ3v) is 1.82. The molecule has 0 saturated carbocycles. The molecule has 0 aliphatic heterocycles. The van der Waals surface area contributed by atoms with E-state index in [2.05, 4.69) is 25.1 Å². The summed E-state index contributed by atoms with van der Waals surface area (Å²) in [6.07, 6.45) is 8.15. The number of rotatable bonds is 8. The van der Waals surface area contributed by atoms with E-state index in [0.29, 0.717) is 6.04 Å². The first-order chi connectivity index (χ1) is 6.35. The van der Waals surface area contributed by atoms with Gasteiger partial charge in [0.05, 0.1) is 0 Å². The molecule has 13 heavy (non-hydrogen) atoms. The van der Waals surface area contributed by atoms with Crippen molar-refractivity contribution in [1.29, 1.82) is 0 Å². The van der Waals surface area contributed by atoms with Crippen LogP contribution in [0, 0.1) is 12.3 Å². The molecule has 1 atom stereocenters. The van der Waals surface area contributed by atoms with Crippen LogP contribution in [0.5, 0.6) is 0 Å². The number of nitrogens with one attached hydrogen (secondary N) is 1. The third kappa shape index (κ3) is 7.83. The van der Waals surface area contributed by atoms with Crippen LogP contribution in [0.3, 0.4) is 0 Å². The normalized spacial score (nSPS) is 12.4. The van der Waals surface area contributed by atoms with Crippen LogP contribution >= 0.6 is 0 Å². The van der Waals surface area contributed by atoms with Crippen molar-refractivity contribution in [2.24, 2.45) is 0 Å². The van der Waals surface area contributed by atoms with E-state index in [0.717, 1.165) is 39.0 Å². The van der Waals surface area contributed by atoms with E-state index < -0.39 is 0 Å². The van der Waals surface area contributed by atoms with E-state index in [4.69, 9.17) is 11.2 Å². The van der Waals surface area contributed by atoms with Gasteiger partial charge in [0.25, 0.3) is 0 Å². The number of ether oxygens (including phenoxy) is 1. The second-order valence-corrected chi connectivity index (χ2v) is 3.06. The van der Waals surface area contributed by atoms with E-state index >= 15 is 0 Å². The zero-order valence-corrected chi connectivity index (χ0v) is 8.81. The van der Waals surface area contributed by atoms with Crippen molar-refractivity contribution in [1.82, 2.24) is 5.32 Å². The van der Waals surface area contributed by atoms with E-state index in [1.807, 2.05) is 0 Å². The maximum absolute atomic E-state index is 5.40. The Balaban J connectivity index is 3.40. The molecule has 0 spiro atoms. The lowest BCUT2D eigenvalue weighted by Gasteiger charge is -2.14. The first-order valence-electron chi connectivity index (χ1n) is 5.09. The maximum atomic E-state index is 5.40. The standard InChI is InChI=1S/C11H21NO/c1-4-7-11(12-6-3)8-10-13-9-5-2/h1,11-12H,5-10H2,2-3H3. The Hall–Kier alpha value is -0.520. The molecule has 0 bridgehead atoms. The van der Waals surface area contributed by atoms with Gasteiger partial charge in [0.2, 0.25) is 0 Å². The monoisotopic (exact) mass is 183 g/mol. The van der Waals surface area contributed by atoms with Crippen molar-refractivity contribution in [3.05, 3.63) is 0 Å². The summed E-state index contributed by atoms with van der Waals surface area (Å²) in [6.45, 7) is 6.85. The highest BCUT2D eigenvalue weighted by Crippen LogP contribution is 1.97. The van der Waals surface area contributed by atoms with Gasteiger partial charge in [-0.1, -0.05) is 13.8 Å². The van der Waals surface area contributed by atoms with Crippen molar-refractivity contribution in [2.45, 2.75) is 39.2 Å². The van der Waals surface area contributed by atoms with E-state index in [1.165, 1.54) is 0 Å². The predicted octanol–water partition coefficient (Wildman–Crippen LogP) is 1.80. The van der Waals surface area contributed by atoms with Crippen LogP contribution in [0.15, 0.2) is 0 Å². The summed E-state index contributed by atoms with van der Waals surface area (Å²) in [5.41, 5.74) is 0. The van der Waals surface area contributed by atoms with Crippen molar-refractivity contribution < 1.29 is 4.74 Å². The fourth-order valence-electron chi connectivity index (χ4n) is 1.18. The molecule has 0 aliphatic rings. The topological polar surface area (TPSA) is 21.3 Å². The highest BCUT2D eigenvalue weighted by molar-refractivity contribution is 4.89. The third-order valence-electron chi connectivity index (χ3n) is 1.82. The number of hydrogen-bond donors (Lipinski definition) is 1. The summed E-state index contributed by atoms with van der Waals surface area (Å²) in [7, 11) is 0. The van der Waals surface area contributed by atoms with E-state index in [-0.39, 0.29) is 0 Å². The van der Waals surface area contributed by atoms with Gasteiger partial charge in [0.1, 0.15) is 0 Å². The summed E-state index contributed by atoms with van der Waals surface area (Å²) in [6, 6.07) is 0.423. The number of hydrogen-bond acceptors (Lipinski definition) is 2. The van der Waals surface area contributed by atoms with Gasteiger partial charge in [0, 0.05) is 25.7 Å². The van der Waals surface area contributed by atoms with Crippen molar-refractivity contribution in [3.63, 3.8) is 0 Å². The van der Waals surface area contributed by atoms with Gasteiger partial charge in [-0.2, -0.15) is 0 Å². The van der Waals surface area contributed by atoms with Gasteiger partial charge in [0.15, 0.2) is 0 Å². The molecule has 0 aromatic rings. The fraction of sp³-hybridized carbons (Fsp3) is 0.818. The first kappa shape index (κ1) is 12.5. The average Bonchev–Trinajstić information content (AvgIpc) is 2.13. The predicted molar refractivity (Wildman–Crippen MR) is 56.6 cm³/mol. The van der Waals surface area contributed by atoms with Crippen molar-refractivity contribution >= 4 is 0 Å². The van der Waals surface area contributed by atoms with Crippen LogP contribution in [0.4, 0.5) is 0 Å². The van der Waals surface area contributed by atoms with Gasteiger partial charge in [-0.05, 0) is 19.4 Å². The van der Waals surface area contributed by atoms with Crippen molar-refractivity contribution in [2.75, 3.05) is 19.8 Å². The van der Waals surface area contributed by atoms with Gasteiger partial charge in [-0.25, -0.2) is 0 Å². The molecule has 0 rings (SSSR count). The zero-order valence-electron chi connectivity index (χ0n) is 8.81. The molecule has 0 aromatic carbocycles. The lowest BCUT2D eigenvalue weighted by molar-refractivity contribution is 0.125. The minimum atomic E-state index is 0.423. The fourth-order valence-corrected chi connectivity index (χ4v) is 1.18. The lowest BCUT2D eigenvalue weighted by atomic mass is 10.1. The number of terminal acetylenes is 1. The minimum absolute atomic E-state index is 0.423. The Bertz CT molecular complexity index is 140. The van der Waals surface area contributed by atoms with Crippen LogP contribution in [0.25, 0.3) is 0 Å². The Morgan fingerprint density at radius 2 is 2.15 bits per heavy atom. The second kappa shape index (κ2) is 9.57. The van der Waals surface area contributed by atoms with Crippen molar-refractivity contribution in [3.8, 4) is 12.3 Å². The van der Waals surface area contributed by atoms with Crippen LogP contribution in [0.1, 0.15) is 33.1 Å². The molecule has 0 aliphatic carbocycles. The molecule has 0 amide bonds. The van der Waals surface area contributed by atoms with Crippen LogP contribution in [-0.2, 0) is 4.74 Å². The summed E-state index contributed by atoms with van der Waals surface area (Å²) in [4.78, 5) is 0. The summed E-state index contributed by atoms with van der Waals surface area (Å²) in [5.74, 6) is 2.68. The zero-order chi connectivity index (χ0) is 9.94. The summed E-state index contributed by atoms with van der Waals surface area (Å²) in [5, 5.41) is 3.34. The largest absolute Gasteiger partial charge is 0.381 e. The molecule has 1 unspecified atom stereocenters. The molecule has 0 radical (unpaired) electrons. The Morgan fingerprint density at radius 1 is 1.38 bits per heavy atom. The molecule has 0 aromatic heterocycles. The second-order valence-electron chi connectivity index (χ2n) is 3.06. The SMILES string of the molecule is C#CCC(CCOCCC)NCC. The highest BCUT2D eigenvalue weighted by Gasteiger charge is 2.04. The molecule has 76 valence electrons. The summed E-state index contributed by atoms with van der Waals surface area (Å²) < 4.78 is 5.40. The Labute approximate surface area is 82.1 Å². The smallest absolute Gasteiger partial charge is 0.0481 e. The maximum Gasteiger partial charge on any atom is 0.0481 e. The molecule has 2 nitrogen and oxygen atoms in total. The molecule has 1 N–H and O–H groups in total. The molecule has 0 heterocycles. The van der Waals surface area contributed by atoms with E-state index in [1.54, 1.807) is 0 Å². The quantitative estimate of drug-likeness (QED) is 0.458. The van der Waals surface area contributed by atoms with Gasteiger partial charge < -0.3 is 10.1 Å². The molecule has 2 heteroatoms.